The molecule has 1 aliphatic rings. The van der Waals surface area contributed by atoms with E-state index in [9.17, 15) is 4.79 Å². The predicted octanol–water partition coefficient (Wildman–Crippen LogP) is 3.89. The van der Waals surface area contributed by atoms with Gasteiger partial charge in [0.05, 0.1) is 0 Å². The van der Waals surface area contributed by atoms with Crippen molar-refractivity contribution in [3.05, 3.63) is 90.1 Å². The van der Waals surface area contributed by atoms with Gasteiger partial charge >= 0.3 is 0 Å². The van der Waals surface area contributed by atoms with Crippen molar-refractivity contribution in [1.29, 1.82) is 0 Å². The monoisotopic (exact) mass is 386 g/mol. The van der Waals surface area contributed by atoms with Crippen LogP contribution in [0.3, 0.4) is 0 Å². The number of nitrogens with zero attached hydrogens (tertiary/aromatic N) is 3. The summed E-state index contributed by atoms with van der Waals surface area (Å²) in [5.74, 6) is 0.999. The van der Waals surface area contributed by atoms with Crippen LogP contribution in [0.15, 0.2) is 79.0 Å². The molecule has 1 aliphatic heterocycles. The first-order valence-electron chi connectivity index (χ1n) is 10.0. The van der Waals surface area contributed by atoms with Gasteiger partial charge in [-0.25, -0.2) is 4.98 Å². The lowest BCUT2D eigenvalue weighted by Crippen LogP contribution is -2.50. The van der Waals surface area contributed by atoms with Gasteiger partial charge in [-0.05, 0) is 36.8 Å². The third-order valence-corrected chi connectivity index (χ3v) is 5.34. The number of carbonyl (C=O) groups excluding carboxylic acids is 1. The van der Waals surface area contributed by atoms with Crippen LogP contribution in [0.4, 0.5) is 11.5 Å². The lowest BCUT2D eigenvalue weighted by molar-refractivity contribution is -0.121. The summed E-state index contributed by atoms with van der Waals surface area (Å²) in [4.78, 5) is 22.3. The van der Waals surface area contributed by atoms with Crippen LogP contribution in [0, 0.1) is 6.92 Å². The number of hydrogen-bond donors (Lipinski definition) is 1. The van der Waals surface area contributed by atoms with Crippen molar-refractivity contribution in [3.63, 3.8) is 0 Å². The Morgan fingerprint density at radius 2 is 1.59 bits per heavy atom. The van der Waals surface area contributed by atoms with E-state index in [4.69, 9.17) is 0 Å². The molecule has 0 bridgehead atoms. The zero-order chi connectivity index (χ0) is 20.1. The number of anilines is 2. The maximum Gasteiger partial charge on any atom is 0.246 e. The van der Waals surface area contributed by atoms with E-state index in [0.717, 1.165) is 43.2 Å². The number of piperazine rings is 1. The highest BCUT2D eigenvalue weighted by Gasteiger charge is 2.30. The Morgan fingerprint density at radius 3 is 2.24 bits per heavy atom. The number of amides is 1. The third-order valence-electron chi connectivity index (χ3n) is 5.34. The molecule has 3 aromatic rings. The molecule has 0 saturated carbocycles. The molecule has 0 spiro atoms. The van der Waals surface area contributed by atoms with Gasteiger partial charge in [-0.3, -0.25) is 9.69 Å². The summed E-state index contributed by atoms with van der Waals surface area (Å²) in [5, 5.41) is 3.10. The maximum absolute atomic E-state index is 13.3. The van der Waals surface area contributed by atoms with Crippen molar-refractivity contribution in [2.24, 2.45) is 0 Å². The molecule has 1 atom stereocenters. The van der Waals surface area contributed by atoms with Gasteiger partial charge in [-0.1, -0.05) is 54.1 Å². The average Bonchev–Trinajstić information content (AvgIpc) is 2.77. The second kappa shape index (κ2) is 8.88. The molecule has 5 heteroatoms. The highest BCUT2D eigenvalue weighted by molar-refractivity contribution is 5.95. The summed E-state index contributed by atoms with van der Waals surface area (Å²) < 4.78 is 0. The molecule has 1 amide bonds. The quantitative estimate of drug-likeness (QED) is 0.723. The van der Waals surface area contributed by atoms with E-state index < -0.39 is 0 Å². The van der Waals surface area contributed by atoms with Gasteiger partial charge in [-0.15, -0.1) is 0 Å². The molecule has 0 radical (unpaired) electrons. The van der Waals surface area contributed by atoms with E-state index in [1.807, 2.05) is 85.9 Å². The molecule has 4 rings (SSSR count). The first-order chi connectivity index (χ1) is 14.2. The molecule has 148 valence electrons. The largest absolute Gasteiger partial charge is 0.354 e. The standard InChI is InChI=1S/C24H26N4O/c1-19-10-12-21(13-11-19)26-24(29)23(20-7-3-2-4-8-20)28-17-15-27(16-18-28)22-9-5-6-14-25-22/h2-14,23H,15-18H2,1H3,(H,26,29). The van der Waals surface area contributed by atoms with E-state index in [1.54, 1.807) is 0 Å². The van der Waals surface area contributed by atoms with Crippen LogP contribution >= 0.6 is 0 Å². The van der Waals surface area contributed by atoms with Gasteiger partial charge in [-0.2, -0.15) is 0 Å². The number of carbonyl (C=O) groups is 1. The molecule has 5 nitrogen and oxygen atoms in total. The minimum atomic E-state index is -0.316. The summed E-state index contributed by atoms with van der Waals surface area (Å²) in [6.45, 7) is 5.34. The topological polar surface area (TPSA) is 48.5 Å². The van der Waals surface area contributed by atoms with E-state index in [0.29, 0.717) is 0 Å². The normalized spacial score (nSPS) is 15.7. The minimum Gasteiger partial charge on any atom is -0.354 e. The highest BCUT2D eigenvalue weighted by Crippen LogP contribution is 2.25. The summed E-state index contributed by atoms with van der Waals surface area (Å²) in [7, 11) is 0. The van der Waals surface area contributed by atoms with Crippen LogP contribution in [0.5, 0.6) is 0 Å². The van der Waals surface area contributed by atoms with Gasteiger partial charge in [0.1, 0.15) is 11.9 Å². The third kappa shape index (κ3) is 4.63. The Kier molecular flexibility index (Phi) is 5.86. The van der Waals surface area contributed by atoms with Crippen molar-refractivity contribution in [2.45, 2.75) is 13.0 Å². The number of aromatic nitrogens is 1. The van der Waals surface area contributed by atoms with Gasteiger partial charge < -0.3 is 10.2 Å². The van der Waals surface area contributed by atoms with Crippen LogP contribution in [0.25, 0.3) is 0 Å². The van der Waals surface area contributed by atoms with Crippen LogP contribution in [-0.4, -0.2) is 42.0 Å². The van der Waals surface area contributed by atoms with Crippen LogP contribution in [0.1, 0.15) is 17.2 Å². The van der Waals surface area contributed by atoms with Crippen LogP contribution in [0.2, 0.25) is 0 Å². The van der Waals surface area contributed by atoms with Crippen molar-refractivity contribution in [2.75, 3.05) is 36.4 Å². The lowest BCUT2D eigenvalue weighted by Gasteiger charge is -2.39. The summed E-state index contributed by atoms with van der Waals surface area (Å²) in [5.41, 5.74) is 3.02. The van der Waals surface area contributed by atoms with Gasteiger partial charge in [0.25, 0.3) is 0 Å². The fourth-order valence-electron chi connectivity index (χ4n) is 3.76. The SMILES string of the molecule is Cc1ccc(NC(=O)C(c2ccccc2)N2CCN(c3ccccn3)CC2)cc1. The lowest BCUT2D eigenvalue weighted by atomic mass is 10.0. The van der Waals surface area contributed by atoms with E-state index in [1.165, 1.54) is 5.56 Å². The van der Waals surface area contributed by atoms with Gasteiger partial charge in [0, 0.05) is 38.1 Å². The molecule has 1 fully saturated rings. The number of pyridine rings is 1. The maximum atomic E-state index is 13.3. The minimum absolute atomic E-state index is 0.00587. The van der Waals surface area contributed by atoms with Gasteiger partial charge in [0.15, 0.2) is 0 Å². The molecule has 0 aliphatic carbocycles. The Morgan fingerprint density at radius 1 is 0.897 bits per heavy atom. The first-order valence-corrected chi connectivity index (χ1v) is 10.0. The predicted molar refractivity (Wildman–Crippen MR) is 117 cm³/mol. The fraction of sp³-hybridized carbons (Fsp3) is 0.250. The Labute approximate surface area is 172 Å². The van der Waals surface area contributed by atoms with E-state index in [2.05, 4.69) is 20.1 Å². The molecule has 1 N–H and O–H groups in total. The second-order valence-corrected chi connectivity index (χ2v) is 7.38. The molecule has 2 heterocycles. The Hall–Kier alpha value is -3.18. The van der Waals surface area contributed by atoms with Crippen LogP contribution < -0.4 is 10.2 Å². The molecule has 1 aromatic heterocycles. The highest BCUT2D eigenvalue weighted by atomic mass is 16.2. The number of nitrogens with one attached hydrogen (secondary N) is 1. The molecule has 1 saturated heterocycles. The molecule has 2 aromatic carbocycles. The summed E-state index contributed by atoms with van der Waals surface area (Å²) in [6, 6.07) is 23.6. The van der Waals surface area contributed by atoms with Crippen molar-refractivity contribution in [3.8, 4) is 0 Å². The fourth-order valence-corrected chi connectivity index (χ4v) is 3.76. The van der Waals surface area contributed by atoms with E-state index >= 15 is 0 Å². The first kappa shape index (κ1) is 19.2. The summed E-state index contributed by atoms with van der Waals surface area (Å²) in [6.07, 6.45) is 1.82. The molecular weight excluding hydrogens is 360 g/mol. The second-order valence-electron chi connectivity index (χ2n) is 7.38. The average molecular weight is 386 g/mol. The molecule has 29 heavy (non-hydrogen) atoms. The molecule has 1 unspecified atom stereocenters. The number of benzene rings is 2. The number of rotatable bonds is 5. The van der Waals surface area contributed by atoms with Crippen molar-refractivity contribution < 1.29 is 4.79 Å². The van der Waals surface area contributed by atoms with Crippen LogP contribution in [-0.2, 0) is 4.79 Å². The molecular formula is C24H26N4O. The van der Waals surface area contributed by atoms with Crippen molar-refractivity contribution >= 4 is 17.4 Å². The van der Waals surface area contributed by atoms with E-state index in [-0.39, 0.29) is 11.9 Å². The zero-order valence-electron chi connectivity index (χ0n) is 16.7. The Balaban J connectivity index is 1.51. The van der Waals surface area contributed by atoms with Crippen molar-refractivity contribution in [1.82, 2.24) is 9.88 Å². The van der Waals surface area contributed by atoms with Gasteiger partial charge in [0.2, 0.25) is 5.91 Å². The smallest absolute Gasteiger partial charge is 0.246 e. The Bertz CT molecular complexity index is 920. The summed E-state index contributed by atoms with van der Waals surface area (Å²) >= 11 is 0. The number of aryl methyl sites for hydroxylation is 1. The number of hydrogen-bond acceptors (Lipinski definition) is 4. The zero-order valence-corrected chi connectivity index (χ0v) is 16.7.